The number of carbonyl (C=O) groups excluding carboxylic acids is 4. The second kappa shape index (κ2) is 13.3. The van der Waals surface area contributed by atoms with Gasteiger partial charge in [0.1, 0.15) is 12.0 Å². The van der Waals surface area contributed by atoms with Gasteiger partial charge in [-0.15, -0.1) is 11.6 Å². The number of aliphatic hydroxyl groups is 2. The summed E-state index contributed by atoms with van der Waals surface area (Å²) in [5, 5.41) is 30.6. The number of anilines is 1. The summed E-state index contributed by atoms with van der Waals surface area (Å²) < 4.78 is 0. The Balaban J connectivity index is 1.90. The lowest BCUT2D eigenvalue weighted by atomic mass is 9.87. The van der Waals surface area contributed by atoms with Crippen molar-refractivity contribution in [2.45, 2.75) is 39.2 Å². The molecule has 1 fully saturated rings. The zero-order chi connectivity index (χ0) is 26.9. The molecule has 2 rings (SSSR count). The summed E-state index contributed by atoms with van der Waals surface area (Å²) in [6.07, 6.45) is -0.442. The molecule has 11 heteroatoms. The number of hydrogen-bond acceptors (Lipinski definition) is 8. The van der Waals surface area contributed by atoms with Crippen molar-refractivity contribution >= 4 is 40.8 Å². The monoisotopic (exact) mass is 520 g/mol. The van der Waals surface area contributed by atoms with Crippen LogP contribution >= 0.6 is 11.6 Å². The number of hydrogen-bond donors (Lipinski definition) is 3. The third-order valence-electron chi connectivity index (χ3n) is 6.36. The molecule has 1 aliphatic rings. The molecule has 3 N–H and O–H groups in total. The summed E-state index contributed by atoms with van der Waals surface area (Å²) in [4.78, 5) is 52.7. The predicted molar refractivity (Wildman–Crippen MR) is 133 cm³/mol. The summed E-state index contributed by atoms with van der Waals surface area (Å²) in [5.74, 6) is -3.69. The third-order valence-corrected chi connectivity index (χ3v) is 6.59. The van der Waals surface area contributed by atoms with E-state index < -0.39 is 47.5 Å². The van der Waals surface area contributed by atoms with Gasteiger partial charge in [-0.2, -0.15) is 5.26 Å². The number of rotatable bonds is 11. The molecule has 196 valence electrons. The van der Waals surface area contributed by atoms with Crippen LogP contribution in [-0.4, -0.2) is 83.4 Å². The standard InChI is InChI=1S/C25H33ClN4O6/c1-25(2,16-31)22(34)23(35)28-10-7-20(32)24(36)30(21(33)13-26)15-18-8-11-29(12-9-18)19-5-3-17(14-27)4-6-19/h3-6,18,22,31,34H,7-13,15-16H2,1-2H3,(H,28,35)/t22-/m0/s1. The first-order chi connectivity index (χ1) is 17.0. The Kier molecular flexibility index (Phi) is 10.8. The minimum atomic E-state index is -1.49. The zero-order valence-corrected chi connectivity index (χ0v) is 21.3. The molecular formula is C25H33ClN4O6. The van der Waals surface area contributed by atoms with Gasteiger partial charge in [0.2, 0.25) is 17.6 Å². The van der Waals surface area contributed by atoms with Gasteiger partial charge in [0.05, 0.1) is 18.2 Å². The predicted octanol–water partition coefficient (Wildman–Crippen LogP) is 0.823. The van der Waals surface area contributed by atoms with E-state index in [4.69, 9.17) is 16.9 Å². The summed E-state index contributed by atoms with van der Waals surface area (Å²) in [6, 6.07) is 9.36. The molecule has 10 nitrogen and oxygen atoms in total. The number of alkyl halides is 1. The van der Waals surface area contributed by atoms with Gasteiger partial charge in [-0.25, -0.2) is 0 Å². The summed E-state index contributed by atoms with van der Waals surface area (Å²) in [7, 11) is 0. The average Bonchev–Trinajstić information content (AvgIpc) is 2.90. The van der Waals surface area contributed by atoms with Gasteiger partial charge in [0.25, 0.3) is 5.91 Å². The maximum atomic E-state index is 12.7. The largest absolute Gasteiger partial charge is 0.396 e. The minimum absolute atomic E-state index is 0.000823. The smallest absolute Gasteiger partial charge is 0.296 e. The van der Waals surface area contributed by atoms with Crippen molar-refractivity contribution in [3.05, 3.63) is 29.8 Å². The lowest BCUT2D eigenvalue weighted by molar-refractivity contribution is -0.151. The molecule has 1 heterocycles. The molecule has 1 aromatic carbocycles. The van der Waals surface area contributed by atoms with Gasteiger partial charge in [-0.1, -0.05) is 13.8 Å². The molecular weight excluding hydrogens is 488 g/mol. The number of Topliss-reactive ketones (excluding diaryl/α,β-unsaturated/α-hetero) is 1. The first-order valence-electron chi connectivity index (χ1n) is 11.8. The van der Waals surface area contributed by atoms with Crippen LogP contribution in [0.15, 0.2) is 24.3 Å². The van der Waals surface area contributed by atoms with Crippen LogP contribution in [0.2, 0.25) is 0 Å². The van der Waals surface area contributed by atoms with E-state index in [2.05, 4.69) is 16.3 Å². The molecule has 0 spiro atoms. The van der Waals surface area contributed by atoms with Crippen LogP contribution in [0.1, 0.15) is 38.7 Å². The van der Waals surface area contributed by atoms with Gasteiger partial charge in [-0.3, -0.25) is 24.1 Å². The molecule has 1 aliphatic heterocycles. The van der Waals surface area contributed by atoms with E-state index in [-0.39, 0.29) is 25.4 Å². The number of amides is 3. The topological polar surface area (TPSA) is 151 Å². The Hall–Kier alpha value is -3.00. The molecule has 36 heavy (non-hydrogen) atoms. The van der Waals surface area contributed by atoms with Crippen LogP contribution in [0.25, 0.3) is 0 Å². The van der Waals surface area contributed by atoms with Crippen LogP contribution in [-0.2, 0) is 19.2 Å². The van der Waals surface area contributed by atoms with Gasteiger partial charge in [0.15, 0.2) is 0 Å². The lowest BCUT2D eigenvalue weighted by Gasteiger charge is -2.35. The molecule has 0 radical (unpaired) electrons. The van der Waals surface area contributed by atoms with Crippen LogP contribution in [0, 0.1) is 22.7 Å². The maximum absolute atomic E-state index is 12.7. The number of ketones is 1. The van der Waals surface area contributed by atoms with E-state index in [0.29, 0.717) is 31.5 Å². The second-order valence-electron chi connectivity index (χ2n) is 9.55. The highest BCUT2D eigenvalue weighted by Gasteiger charge is 2.34. The highest BCUT2D eigenvalue weighted by molar-refractivity contribution is 6.40. The van der Waals surface area contributed by atoms with Gasteiger partial charge in [-0.05, 0) is 43.0 Å². The molecule has 0 aromatic heterocycles. The Bertz CT molecular complexity index is 983. The number of piperidine rings is 1. The quantitative estimate of drug-likeness (QED) is 0.286. The molecule has 0 aliphatic carbocycles. The lowest BCUT2D eigenvalue weighted by Crippen LogP contribution is -2.48. The van der Waals surface area contributed by atoms with Crippen molar-refractivity contribution in [2.24, 2.45) is 11.3 Å². The number of aliphatic hydroxyl groups excluding tert-OH is 2. The maximum Gasteiger partial charge on any atom is 0.296 e. The molecule has 0 saturated carbocycles. The van der Waals surface area contributed by atoms with Crippen LogP contribution in [0.3, 0.4) is 0 Å². The van der Waals surface area contributed by atoms with Crippen LogP contribution < -0.4 is 10.2 Å². The second-order valence-corrected chi connectivity index (χ2v) is 9.81. The summed E-state index contributed by atoms with van der Waals surface area (Å²) >= 11 is 5.69. The van der Waals surface area contributed by atoms with Crippen molar-refractivity contribution in [2.75, 3.05) is 43.6 Å². The average molecular weight is 521 g/mol. The molecule has 1 aromatic rings. The van der Waals surface area contributed by atoms with Crippen molar-refractivity contribution in [3.8, 4) is 6.07 Å². The minimum Gasteiger partial charge on any atom is -0.396 e. The number of nitrogens with zero attached hydrogens (tertiary/aromatic N) is 3. The van der Waals surface area contributed by atoms with Crippen molar-refractivity contribution in [1.29, 1.82) is 5.26 Å². The van der Waals surface area contributed by atoms with Crippen LogP contribution in [0.4, 0.5) is 5.69 Å². The summed E-state index contributed by atoms with van der Waals surface area (Å²) in [6.45, 7) is 3.87. The van der Waals surface area contributed by atoms with E-state index in [1.54, 1.807) is 12.1 Å². The van der Waals surface area contributed by atoms with Crippen molar-refractivity contribution in [3.63, 3.8) is 0 Å². The first-order valence-corrected chi connectivity index (χ1v) is 12.3. The van der Waals surface area contributed by atoms with Gasteiger partial charge >= 0.3 is 0 Å². The van der Waals surface area contributed by atoms with E-state index >= 15 is 0 Å². The Labute approximate surface area is 215 Å². The molecule has 1 atom stereocenters. The number of carbonyl (C=O) groups is 4. The molecule has 3 amide bonds. The molecule has 0 bridgehead atoms. The molecule has 0 unspecified atom stereocenters. The Morgan fingerprint density at radius 3 is 2.36 bits per heavy atom. The fourth-order valence-corrected chi connectivity index (χ4v) is 3.99. The third kappa shape index (κ3) is 7.75. The number of benzene rings is 1. The van der Waals surface area contributed by atoms with Crippen molar-refractivity contribution < 1.29 is 29.4 Å². The number of halogens is 1. The normalized spacial score (nSPS) is 15.1. The van der Waals surface area contributed by atoms with Crippen LogP contribution in [0.5, 0.6) is 0 Å². The van der Waals surface area contributed by atoms with Crippen molar-refractivity contribution in [1.82, 2.24) is 10.2 Å². The zero-order valence-electron chi connectivity index (χ0n) is 20.6. The van der Waals surface area contributed by atoms with E-state index in [1.165, 1.54) is 13.8 Å². The fourth-order valence-electron chi connectivity index (χ4n) is 3.84. The highest BCUT2D eigenvalue weighted by atomic mass is 35.5. The number of nitriles is 1. The van der Waals surface area contributed by atoms with Gasteiger partial charge < -0.3 is 20.4 Å². The van der Waals surface area contributed by atoms with E-state index in [9.17, 15) is 29.4 Å². The fraction of sp³-hybridized carbons (Fsp3) is 0.560. The number of nitrogens with one attached hydrogen (secondary N) is 1. The molecule has 1 saturated heterocycles. The Morgan fingerprint density at radius 1 is 1.22 bits per heavy atom. The van der Waals surface area contributed by atoms with E-state index in [0.717, 1.165) is 10.6 Å². The first kappa shape index (κ1) is 29.2. The van der Waals surface area contributed by atoms with E-state index in [1.807, 2.05) is 12.1 Å². The highest BCUT2D eigenvalue weighted by Crippen LogP contribution is 2.25. The SMILES string of the molecule is CC(C)(CO)[C@@H](O)C(=O)NCCC(=O)C(=O)N(CC1CCN(c2ccc(C#N)cc2)CC1)C(=O)CCl. The Morgan fingerprint density at radius 2 is 1.83 bits per heavy atom. The number of imide groups is 1. The van der Waals surface area contributed by atoms with Gasteiger partial charge in [0, 0.05) is 43.7 Å². The summed E-state index contributed by atoms with van der Waals surface area (Å²) in [5.41, 5.74) is 0.502.